The Kier molecular flexibility index (Phi) is 2.00. The molecule has 3 nitrogen and oxygen atoms in total. The zero-order valence-corrected chi connectivity index (χ0v) is 8.75. The van der Waals surface area contributed by atoms with Crippen LogP contribution >= 0.6 is 0 Å². The average Bonchev–Trinajstić information content (AvgIpc) is 2.84. The van der Waals surface area contributed by atoms with E-state index in [2.05, 4.69) is 11.9 Å². The lowest BCUT2D eigenvalue weighted by Gasteiger charge is -2.13. The highest BCUT2D eigenvalue weighted by Gasteiger charge is 2.40. The van der Waals surface area contributed by atoms with Crippen molar-refractivity contribution in [3.05, 3.63) is 23.5 Å². The zero-order valence-electron chi connectivity index (χ0n) is 8.75. The summed E-state index contributed by atoms with van der Waals surface area (Å²) in [5.74, 6) is 0. The highest BCUT2D eigenvalue weighted by molar-refractivity contribution is 5.44. The molecule has 2 rings (SSSR count). The van der Waals surface area contributed by atoms with E-state index in [1.807, 2.05) is 19.1 Å². The Hall–Kier alpha value is -1.09. The topological polar surface area (TPSA) is 64.9 Å². The quantitative estimate of drug-likeness (QED) is 0.748. The maximum absolute atomic E-state index is 5.83. The molecule has 0 saturated heterocycles. The number of nitrogen functional groups attached to an aromatic ring is 1. The van der Waals surface area contributed by atoms with Gasteiger partial charge in [0.15, 0.2) is 0 Å². The Morgan fingerprint density at radius 1 is 1.43 bits per heavy atom. The highest BCUT2D eigenvalue weighted by atomic mass is 14.8. The molecule has 14 heavy (non-hydrogen) atoms. The van der Waals surface area contributed by atoms with Crippen molar-refractivity contribution in [2.75, 3.05) is 5.73 Å². The van der Waals surface area contributed by atoms with Gasteiger partial charge in [-0.3, -0.25) is 4.98 Å². The van der Waals surface area contributed by atoms with Crippen LogP contribution in [0.4, 0.5) is 5.69 Å². The number of nitrogens with two attached hydrogens (primary N) is 2. The Labute approximate surface area is 84.5 Å². The summed E-state index contributed by atoms with van der Waals surface area (Å²) in [5, 5.41) is 0. The molecule has 1 aliphatic rings. The van der Waals surface area contributed by atoms with E-state index in [1.54, 1.807) is 0 Å². The molecule has 4 N–H and O–H groups in total. The van der Waals surface area contributed by atoms with Gasteiger partial charge in [0.05, 0.1) is 5.69 Å². The number of nitrogens with zero attached hydrogens (tertiary/aromatic N) is 1. The van der Waals surface area contributed by atoms with Crippen LogP contribution in [0.15, 0.2) is 12.1 Å². The van der Waals surface area contributed by atoms with Gasteiger partial charge in [-0.05, 0) is 31.9 Å². The molecule has 1 atom stereocenters. The number of rotatable bonds is 2. The summed E-state index contributed by atoms with van der Waals surface area (Å²) in [6.07, 6.45) is 2.42. The largest absolute Gasteiger partial charge is 0.399 e. The molecule has 1 unspecified atom stereocenters. The Bertz CT molecular complexity index is 354. The maximum Gasteiger partial charge on any atom is 0.0592 e. The van der Waals surface area contributed by atoms with Crippen LogP contribution in [0.5, 0.6) is 0 Å². The highest BCUT2D eigenvalue weighted by Crippen LogP contribution is 2.47. The minimum atomic E-state index is -0.0420. The fourth-order valence-corrected chi connectivity index (χ4v) is 1.56. The van der Waals surface area contributed by atoms with Crippen molar-refractivity contribution in [1.29, 1.82) is 0 Å². The second kappa shape index (κ2) is 2.95. The summed E-state index contributed by atoms with van der Waals surface area (Å²) >= 11 is 0. The van der Waals surface area contributed by atoms with Crippen molar-refractivity contribution in [3.63, 3.8) is 0 Å². The van der Waals surface area contributed by atoms with Crippen LogP contribution in [0.3, 0.4) is 0 Å². The van der Waals surface area contributed by atoms with E-state index >= 15 is 0 Å². The summed E-state index contributed by atoms with van der Waals surface area (Å²) in [4.78, 5) is 4.56. The molecule has 1 aromatic rings. The molecule has 0 bridgehead atoms. The predicted molar refractivity (Wildman–Crippen MR) is 57.8 cm³/mol. The maximum atomic E-state index is 5.83. The molecule has 0 spiro atoms. The molecular formula is C11H17N3. The second-order valence-corrected chi connectivity index (χ2v) is 4.56. The first-order valence-corrected chi connectivity index (χ1v) is 5.05. The summed E-state index contributed by atoms with van der Waals surface area (Å²) in [7, 11) is 0. The Balaban J connectivity index is 2.42. The molecule has 76 valence electrons. The number of pyridine rings is 1. The summed E-state index contributed by atoms with van der Waals surface area (Å²) in [5.41, 5.74) is 14.7. The van der Waals surface area contributed by atoms with E-state index in [4.69, 9.17) is 11.5 Å². The van der Waals surface area contributed by atoms with Crippen LogP contribution in [0, 0.1) is 0 Å². The SMILES string of the molecule is CC(N)c1cc(N)cc(C2(C)CC2)n1. The number of hydrogen-bond donors (Lipinski definition) is 2. The molecule has 0 amide bonds. The van der Waals surface area contributed by atoms with E-state index in [0.29, 0.717) is 0 Å². The van der Waals surface area contributed by atoms with Crippen molar-refractivity contribution in [2.45, 2.75) is 38.1 Å². The van der Waals surface area contributed by atoms with Crippen molar-refractivity contribution >= 4 is 5.69 Å². The first kappa shape index (κ1) is 9.46. The molecule has 1 aromatic heterocycles. The molecular weight excluding hydrogens is 174 g/mol. The van der Waals surface area contributed by atoms with Crippen LogP contribution in [0.25, 0.3) is 0 Å². The lowest BCUT2D eigenvalue weighted by Crippen LogP contribution is -2.12. The van der Waals surface area contributed by atoms with E-state index in [9.17, 15) is 0 Å². The van der Waals surface area contributed by atoms with Gasteiger partial charge < -0.3 is 11.5 Å². The van der Waals surface area contributed by atoms with Gasteiger partial charge in [0.2, 0.25) is 0 Å². The third-order valence-corrected chi connectivity index (χ3v) is 2.95. The average molecular weight is 191 g/mol. The molecule has 0 radical (unpaired) electrons. The minimum absolute atomic E-state index is 0.0420. The van der Waals surface area contributed by atoms with E-state index in [0.717, 1.165) is 17.1 Å². The number of hydrogen-bond acceptors (Lipinski definition) is 3. The Morgan fingerprint density at radius 2 is 2.07 bits per heavy atom. The second-order valence-electron chi connectivity index (χ2n) is 4.56. The lowest BCUT2D eigenvalue weighted by molar-refractivity contribution is 0.711. The summed E-state index contributed by atoms with van der Waals surface area (Å²) < 4.78 is 0. The molecule has 0 aliphatic heterocycles. The van der Waals surface area contributed by atoms with Crippen LogP contribution in [0.1, 0.15) is 44.1 Å². The molecule has 1 fully saturated rings. The molecule has 1 saturated carbocycles. The van der Waals surface area contributed by atoms with Gasteiger partial charge in [-0.25, -0.2) is 0 Å². The first-order chi connectivity index (χ1) is 6.51. The van der Waals surface area contributed by atoms with Gasteiger partial charge in [0, 0.05) is 22.8 Å². The monoisotopic (exact) mass is 191 g/mol. The zero-order chi connectivity index (χ0) is 10.3. The van der Waals surface area contributed by atoms with Crippen LogP contribution < -0.4 is 11.5 Å². The van der Waals surface area contributed by atoms with E-state index in [-0.39, 0.29) is 11.5 Å². The van der Waals surface area contributed by atoms with E-state index < -0.39 is 0 Å². The van der Waals surface area contributed by atoms with Gasteiger partial charge >= 0.3 is 0 Å². The molecule has 3 heteroatoms. The van der Waals surface area contributed by atoms with Gasteiger partial charge in [-0.2, -0.15) is 0 Å². The minimum Gasteiger partial charge on any atom is -0.399 e. The van der Waals surface area contributed by atoms with Crippen molar-refractivity contribution in [1.82, 2.24) is 4.98 Å². The molecule has 1 aliphatic carbocycles. The van der Waals surface area contributed by atoms with Gasteiger partial charge in [-0.15, -0.1) is 0 Å². The number of aromatic nitrogens is 1. The predicted octanol–water partition coefficient (Wildman–Crippen LogP) is 1.74. The third kappa shape index (κ3) is 1.60. The van der Waals surface area contributed by atoms with Crippen LogP contribution in [-0.2, 0) is 5.41 Å². The lowest BCUT2D eigenvalue weighted by atomic mass is 10.0. The number of anilines is 1. The molecule has 0 aromatic carbocycles. The normalized spacial score (nSPS) is 20.5. The summed E-state index contributed by atoms with van der Waals surface area (Å²) in [6.45, 7) is 4.15. The van der Waals surface area contributed by atoms with Gasteiger partial charge in [0.25, 0.3) is 0 Å². The van der Waals surface area contributed by atoms with Gasteiger partial charge in [0.1, 0.15) is 0 Å². The van der Waals surface area contributed by atoms with Crippen molar-refractivity contribution < 1.29 is 0 Å². The fourth-order valence-electron chi connectivity index (χ4n) is 1.56. The first-order valence-electron chi connectivity index (χ1n) is 5.05. The van der Waals surface area contributed by atoms with Crippen molar-refractivity contribution in [2.24, 2.45) is 5.73 Å². The van der Waals surface area contributed by atoms with Crippen LogP contribution in [0.2, 0.25) is 0 Å². The van der Waals surface area contributed by atoms with Gasteiger partial charge in [-0.1, -0.05) is 6.92 Å². The standard InChI is InChI=1S/C11H17N3/c1-7(12)9-5-8(13)6-10(14-9)11(2)3-4-11/h5-7H,3-4,12H2,1-2H3,(H2,13,14). The third-order valence-electron chi connectivity index (χ3n) is 2.95. The smallest absolute Gasteiger partial charge is 0.0592 e. The fraction of sp³-hybridized carbons (Fsp3) is 0.545. The molecule has 1 heterocycles. The van der Waals surface area contributed by atoms with Crippen molar-refractivity contribution in [3.8, 4) is 0 Å². The van der Waals surface area contributed by atoms with E-state index in [1.165, 1.54) is 12.8 Å². The Morgan fingerprint density at radius 3 is 2.57 bits per heavy atom. The van der Waals surface area contributed by atoms with Crippen LogP contribution in [-0.4, -0.2) is 4.98 Å². The summed E-state index contributed by atoms with van der Waals surface area (Å²) in [6, 6.07) is 3.79.